The van der Waals surface area contributed by atoms with Crippen molar-refractivity contribution in [2.45, 2.75) is 32.6 Å². The Hall–Kier alpha value is -2.35. The summed E-state index contributed by atoms with van der Waals surface area (Å²) >= 11 is 0. The van der Waals surface area contributed by atoms with E-state index in [9.17, 15) is 9.65 Å². The second-order valence-electron chi connectivity index (χ2n) is 6.90. The molecule has 0 aliphatic heterocycles. The molecular formula is C20H27FIN7. The predicted octanol–water partition coefficient (Wildman–Crippen LogP) is 2.98. The molecule has 3 rings (SSSR count). The van der Waals surface area contributed by atoms with Crippen LogP contribution in [0.25, 0.3) is 5.69 Å². The van der Waals surface area contributed by atoms with E-state index < -0.39 is 0 Å². The number of anilines is 1. The van der Waals surface area contributed by atoms with Crippen molar-refractivity contribution < 1.29 is 4.39 Å². The normalized spacial score (nSPS) is 13.5. The Labute approximate surface area is 187 Å². The number of aromatic nitrogens is 2. The molecule has 0 atom stereocenters. The average molecular weight is 511 g/mol. The summed E-state index contributed by atoms with van der Waals surface area (Å²) < 4.78 is 14.6. The van der Waals surface area contributed by atoms with Gasteiger partial charge in [-0.15, -0.1) is 24.0 Å². The minimum absolute atomic E-state index is 0. The zero-order chi connectivity index (χ0) is 19.9. The zero-order valence-corrected chi connectivity index (χ0v) is 18.8. The summed E-state index contributed by atoms with van der Waals surface area (Å²) in [5.74, 6) is 1.51. The lowest BCUT2D eigenvalue weighted by atomic mass is 10.1. The van der Waals surface area contributed by atoms with Crippen LogP contribution in [0, 0.1) is 23.1 Å². The van der Waals surface area contributed by atoms with Crippen molar-refractivity contribution in [3.05, 3.63) is 41.3 Å². The molecule has 29 heavy (non-hydrogen) atoms. The average Bonchev–Trinajstić information content (AvgIpc) is 3.47. The molecule has 1 aliphatic rings. The molecule has 9 heteroatoms. The standard InChI is InChI=1S/C20H26FN7.HI/c1-2-24-20(26-13-14-5-6-14)25-11-3-4-18-17(12-22)19(23)28(27-18)16-9-7-15(21)8-10-16;/h7-10,14H,2-6,11,13,23H2,1H3,(H2,24,25,26);1H. The van der Waals surface area contributed by atoms with Gasteiger partial charge in [0, 0.05) is 19.6 Å². The van der Waals surface area contributed by atoms with Gasteiger partial charge in [0.2, 0.25) is 0 Å². The molecule has 1 aromatic heterocycles. The van der Waals surface area contributed by atoms with Gasteiger partial charge < -0.3 is 16.4 Å². The number of guanidine groups is 1. The number of hydrogen-bond acceptors (Lipinski definition) is 4. The highest BCUT2D eigenvalue weighted by Crippen LogP contribution is 2.28. The van der Waals surface area contributed by atoms with E-state index in [1.54, 1.807) is 12.1 Å². The molecule has 0 radical (unpaired) electrons. The van der Waals surface area contributed by atoms with Gasteiger partial charge >= 0.3 is 0 Å². The second kappa shape index (κ2) is 11.0. The number of nitrogen functional groups attached to an aromatic ring is 1. The third-order valence-electron chi connectivity index (χ3n) is 4.61. The number of hydrogen-bond donors (Lipinski definition) is 3. The number of aliphatic imine (C=N–C) groups is 1. The Morgan fingerprint density at radius 2 is 2.07 bits per heavy atom. The predicted molar refractivity (Wildman–Crippen MR) is 123 cm³/mol. The van der Waals surface area contributed by atoms with Crippen LogP contribution in [-0.2, 0) is 6.42 Å². The Balaban J connectivity index is 0.00000300. The van der Waals surface area contributed by atoms with Crippen LogP contribution in [0.5, 0.6) is 0 Å². The molecule has 1 aromatic carbocycles. The molecule has 0 amide bonds. The Bertz CT molecular complexity index is 866. The molecule has 0 spiro atoms. The van der Waals surface area contributed by atoms with Gasteiger partial charge in [-0.3, -0.25) is 4.99 Å². The zero-order valence-electron chi connectivity index (χ0n) is 16.5. The molecular weight excluding hydrogens is 484 g/mol. The van der Waals surface area contributed by atoms with E-state index in [2.05, 4.69) is 26.8 Å². The van der Waals surface area contributed by atoms with Crippen LogP contribution in [0.3, 0.4) is 0 Å². The van der Waals surface area contributed by atoms with Crippen LogP contribution < -0.4 is 16.4 Å². The molecule has 1 saturated carbocycles. The van der Waals surface area contributed by atoms with Gasteiger partial charge in [0.15, 0.2) is 5.96 Å². The molecule has 7 nitrogen and oxygen atoms in total. The lowest BCUT2D eigenvalue weighted by Gasteiger charge is -2.10. The molecule has 1 fully saturated rings. The Morgan fingerprint density at radius 1 is 1.34 bits per heavy atom. The number of aryl methyl sites for hydroxylation is 1. The number of benzene rings is 1. The highest BCUT2D eigenvalue weighted by molar-refractivity contribution is 14.0. The first-order valence-electron chi connectivity index (χ1n) is 9.68. The molecule has 1 aliphatic carbocycles. The van der Waals surface area contributed by atoms with Crippen molar-refractivity contribution in [3.8, 4) is 11.8 Å². The summed E-state index contributed by atoms with van der Waals surface area (Å²) in [6.07, 6.45) is 3.94. The van der Waals surface area contributed by atoms with E-state index in [1.165, 1.54) is 29.7 Å². The number of halogens is 2. The van der Waals surface area contributed by atoms with Crippen molar-refractivity contribution in [2.75, 3.05) is 25.4 Å². The van der Waals surface area contributed by atoms with E-state index in [4.69, 9.17) is 5.73 Å². The maximum Gasteiger partial charge on any atom is 0.191 e. The van der Waals surface area contributed by atoms with E-state index in [1.807, 2.05) is 6.92 Å². The number of nitriles is 1. The van der Waals surface area contributed by atoms with Gasteiger partial charge in [-0.25, -0.2) is 9.07 Å². The minimum Gasteiger partial charge on any atom is -0.382 e. The van der Waals surface area contributed by atoms with Gasteiger partial charge in [-0.1, -0.05) is 0 Å². The van der Waals surface area contributed by atoms with Crippen LogP contribution >= 0.6 is 24.0 Å². The third kappa shape index (κ3) is 6.32. The molecule has 156 valence electrons. The summed E-state index contributed by atoms with van der Waals surface area (Å²) in [5, 5.41) is 20.5. The van der Waals surface area contributed by atoms with Gasteiger partial charge in [-0.05, 0) is 62.8 Å². The molecule has 2 aromatic rings. The number of nitrogens with one attached hydrogen (secondary N) is 2. The van der Waals surface area contributed by atoms with E-state index >= 15 is 0 Å². The Morgan fingerprint density at radius 3 is 2.69 bits per heavy atom. The fraction of sp³-hybridized carbons (Fsp3) is 0.450. The summed E-state index contributed by atoms with van der Waals surface area (Å²) in [4.78, 5) is 4.59. The quantitative estimate of drug-likeness (QED) is 0.219. The first-order valence-corrected chi connectivity index (χ1v) is 9.68. The first kappa shape index (κ1) is 22.9. The van der Waals surface area contributed by atoms with E-state index in [0.29, 0.717) is 29.9 Å². The van der Waals surface area contributed by atoms with Crippen LogP contribution in [0.1, 0.15) is 37.4 Å². The highest BCUT2D eigenvalue weighted by atomic mass is 127. The fourth-order valence-corrected chi connectivity index (χ4v) is 2.88. The van der Waals surface area contributed by atoms with Crippen LogP contribution in [0.15, 0.2) is 29.3 Å². The maximum absolute atomic E-state index is 13.1. The minimum atomic E-state index is -0.332. The van der Waals surface area contributed by atoms with Crippen molar-refractivity contribution in [2.24, 2.45) is 10.9 Å². The lowest BCUT2D eigenvalue weighted by Crippen LogP contribution is -2.38. The van der Waals surface area contributed by atoms with E-state index in [-0.39, 0.29) is 35.6 Å². The third-order valence-corrected chi connectivity index (χ3v) is 4.61. The van der Waals surface area contributed by atoms with Crippen molar-refractivity contribution in [1.29, 1.82) is 5.26 Å². The number of nitrogens with two attached hydrogens (primary N) is 1. The smallest absolute Gasteiger partial charge is 0.191 e. The largest absolute Gasteiger partial charge is 0.382 e. The summed E-state index contributed by atoms with van der Waals surface area (Å²) in [6, 6.07) is 8.00. The van der Waals surface area contributed by atoms with Crippen LogP contribution in [0.4, 0.5) is 10.2 Å². The van der Waals surface area contributed by atoms with Crippen LogP contribution in [-0.4, -0.2) is 35.4 Å². The maximum atomic E-state index is 13.1. The first-order chi connectivity index (χ1) is 13.6. The Kier molecular flexibility index (Phi) is 8.70. The molecule has 0 unspecified atom stereocenters. The monoisotopic (exact) mass is 511 g/mol. The topological polar surface area (TPSA) is 104 Å². The fourth-order valence-electron chi connectivity index (χ4n) is 2.88. The number of nitrogens with zero attached hydrogens (tertiary/aromatic N) is 4. The second-order valence-corrected chi connectivity index (χ2v) is 6.90. The van der Waals surface area contributed by atoms with Crippen molar-refractivity contribution >= 4 is 35.8 Å². The van der Waals surface area contributed by atoms with Crippen LogP contribution in [0.2, 0.25) is 0 Å². The summed E-state index contributed by atoms with van der Waals surface area (Å²) in [7, 11) is 0. The van der Waals surface area contributed by atoms with Gasteiger partial charge in [0.1, 0.15) is 23.3 Å². The molecule has 4 N–H and O–H groups in total. The van der Waals surface area contributed by atoms with Crippen molar-refractivity contribution in [3.63, 3.8) is 0 Å². The van der Waals surface area contributed by atoms with E-state index in [0.717, 1.165) is 31.4 Å². The molecule has 1 heterocycles. The summed E-state index contributed by atoms with van der Waals surface area (Å²) in [6.45, 7) is 4.43. The van der Waals surface area contributed by atoms with Gasteiger partial charge in [0.05, 0.1) is 11.4 Å². The van der Waals surface area contributed by atoms with Gasteiger partial charge in [0.25, 0.3) is 0 Å². The molecule has 0 saturated heterocycles. The van der Waals surface area contributed by atoms with Gasteiger partial charge in [-0.2, -0.15) is 10.4 Å². The lowest BCUT2D eigenvalue weighted by molar-refractivity contribution is 0.627. The SMILES string of the molecule is CCNC(=NCC1CC1)NCCCc1nn(-c2ccc(F)cc2)c(N)c1C#N.I. The highest BCUT2D eigenvalue weighted by Gasteiger charge is 2.20. The molecule has 0 bridgehead atoms. The number of rotatable bonds is 8. The van der Waals surface area contributed by atoms with Crippen molar-refractivity contribution in [1.82, 2.24) is 20.4 Å². The summed E-state index contributed by atoms with van der Waals surface area (Å²) in [5.41, 5.74) is 7.73.